The van der Waals surface area contributed by atoms with Gasteiger partial charge in [0.1, 0.15) is 5.78 Å². The lowest BCUT2D eigenvalue weighted by Gasteiger charge is -2.17. The zero-order chi connectivity index (χ0) is 9.78. The summed E-state index contributed by atoms with van der Waals surface area (Å²) in [4.78, 5) is 21.2. The molecule has 0 rings (SSSR count). The first kappa shape index (κ1) is 11.1. The summed E-state index contributed by atoms with van der Waals surface area (Å²) < 4.78 is 4.32. The highest BCUT2D eigenvalue weighted by atomic mass is 16.6. The number of carbonyl (C=O) groups excluding carboxylic acids is 2. The van der Waals surface area contributed by atoms with Crippen molar-refractivity contribution in [1.82, 2.24) is 0 Å². The maximum absolute atomic E-state index is 10.7. The first-order valence-corrected chi connectivity index (χ1v) is 3.51. The molecule has 5 heteroatoms. The molecule has 5 nitrogen and oxygen atoms in total. The Morgan fingerprint density at radius 1 is 1.42 bits per heavy atom. The van der Waals surface area contributed by atoms with Gasteiger partial charge in [-0.3, -0.25) is 4.79 Å². The van der Waals surface area contributed by atoms with Crippen molar-refractivity contribution < 1.29 is 24.5 Å². The highest BCUT2D eigenvalue weighted by Gasteiger charge is 2.36. The summed E-state index contributed by atoms with van der Waals surface area (Å²) in [7, 11) is 0. The fourth-order valence-corrected chi connectivity index (χ4v) is 0.666. The predicted octanol–water partition coefficient (Wildman–Crippen LogP) is -0.791. The lowest BCUT2D eigenvalue weighted by atomic mass is 10.1. The predicted molar refractivity (Wildman–Crippen MR) is 39.1 cm³/mol. The van der Waals surface area contributed by atoms with Crippen LogP contribution in [0.1, 0.15) is 20.3 Å². The molecule has 0 unspecified atom stereocenters. The van der Waals surface area contributed by atoms with Gasteiger partial charge in [-0.15, -0.1) is 0 Å². The molecule has 0 amide bonds. The van der Waals surface area contributed by atoms with Crippen LogP contribution in [-0.4, -0.2) is 34.4 Å². The second-order valence-corrected chi connectivity index (χ2v) is 2.42. The van der Waals surface area contributed by atoms with Crippen LogP contribution in [0.2, 0.25) is 0 Å². The molecule has 0 bridgehead atoms. The highest BCUT2D eigenvalue weighted by Crippen LogP contribution is 2.08. The summed E-state index contributed by atoms with van der Waals surface area (Å²) in [6.07, 6.45) is -0.647. The molecule has 0 aromatic rings. The smallest absolute Gasteiger partial charge is 0.366 e. The van der Waals surface area contributed by atoms with Gasteiger partial charge in [-0.1, -0.05) is 0 Å². The molecule has 0 saturated heterocycles. The summed E-state index contributed by atoms with van der Waals surface area (Å²) in [6, 6.07) is 0. The third kappa shape index (κ3) is 3.45. The van der Waals surface area contributed by atoms with E-state index in [0.29, 0.717) is 0 Å². The van der Waals surface area contributed by atoms with Gasteiger partial charge in [0, 0.05) is 0 Å². The molecular formula is C7H12O5. The monoisotopic (exact) mass is 176 g/mol. The van der Waals surface area contributed by atoms with Gasteiger partial charge in [0.25, 0.3) is 5.79 Å². The van der Waals surface area contributed by atoms with E-state index in [1.54, 1.807) is 0 Å². The number of aliphatic hydroxyl groups is 2. The molecule has 0 heterocycles. The molecule has 0 aliphatic carbocycles. The van der Waals surface area contributed by atoms with Gasteiger partial charge in [0.15, 0.2) is 0 Å². The van der Waals surface area contributed by atoms with Gasteiger partial charge in [-0.05, 0) is 13.8 Å². The molecule has 0 aliphatic heterocycles. The van der Waals surface area contributed by atoms with Crippen molar-refractivity contribution in [3.05, 3.63) is 0 Å². The average molecular weight is 176 g/mol. The van der Waals surface area contributed by atoms with Crippen LogP contribution in [0, 0.1) is 0 Å². The van der Waals surface area contributed by atoms with E-state index in [1.807, 2.05) is 0 Å². The van der Waals surface area contributed by atoms with Gasteiger partial charge < -0.3 is 14.9 Å². The van der Waals surface area contributed by atoms with Crippen molar-refractivity contribution in [2.75, 3.05) is 6.61 Å². The Morgan fingerprint density at radius 2 is 1.92 bits per heavy atom. The molecule has 12 heavy (non-hydrogen) atoms. The minimum atomic E-state index is -2.68. The fourth-order valence-electron chi connectivity index (χ4n) is 0.666. The standard InChI is InChI=1S/C7H12O5/c1-3-12-6(9)7(10,11)4-5(2)8/h10-11H,3-4H2,1-2H3. The second-order valence-electron chi connectivity index (χ2n) is 2.42. The van der Waals surface area contributed by atoms with Gasteiger partial charge in [-0.25, -0.2) is 4.79 Å². The van der Waals surface area contributed by atoms with Crippen LogP contribution in [0.5, 0.6) is 0 Å². The Hall–Kier alpha value is -0.940. The molecule has 2 N–H and O–H groups in total. The van der Waals surface area contributed by atoms with Crippen molar-refractivity contribution in [1.29, 1.82) is 0 Å². The van der Waals surface area contributed by atoms with Crippen LogP contribution in [0.25, 0.3) is 0 Å². The van der Waals surface area contributed by atoms with Crippen molar-refractivity contribution in [2.24, 2.45) is 0 Å². The summed E-state index contributed by atoms with van der Waals surface area (Å²) >= 11 is 0. The number of ketones is 1. The molecule has 0 radical (unpaired) electrons. The number of hydrogen-bond donors (Lipinski definition) is 2. The number of esters is 1. The molecule has 0 aliphatic rings. The molecule has 0 aromatic carbocycles. The minimum absolute atomic E-state index is 0.0413. The number of carbonyl (C=O) groups is 2. The summed E-state index contributed by atoms with van der Waals surface area (Å²) in [5.74, 6) is -4.37. The van der Waals surface area contributed by atoms with E-state index in [4.69, 9.17) is 10.2 Å². The molecule has 0 fully saturated rings. The van der Waals surface area contributed by atoms with Crippen LogP contribution >= 0.6 is 0 Å². The topological polar surface area (TPSA) is 83.8 Å². The van der Waals surface area contributed by atoms with E-state index in [-0.39, 0.29) is 6.61 Å². The van der Waals surface area contributed by atoms with Gasteiger partial charge in [0.2, 0.25) is 0 Å². The van der Waals surface area contributed by atoms with E-state index in [2.05, 4.69) is 4.74 Å². The van der Waals surface area contributed by atoms with Crippen LogP contribution in [0.3, 0.4) is 0 Å². The van der Waals surface area contributed by atoms with E-state index in [0.717, 1.165) is 6.92 Å². The van der Waals surface area contributed by atoms with E-state index in [1.165, 1.54) is 6.92 Å². The molecule has 0 saturated carbocycles. The minimum Gasteiger partial charge on any atom is -0.462 e. The second kappa shape index (κ2) is 4.18. The zero-order valence-electron chi connectivity index (χ0n) is 7.03. The Morgan fingerprint density at radius 3 is 2.25 bits per heavy atom. The highest BCUT2D eigenvalue weighted by molar-refractivity contribution is 5.86. The average Bonchev–Trinajstić information content (AvgIpc) is 1.85. The van der Waals surface area contributed by atoms with E-state index < -0.39 is 24.0 Å². The largest absolute Gasteiger partial charge is 0.462 e. The molecule has 0 spiro atoms. The number of rotatable bonds is 4. The van der Waals surface area contributed by atoms with Crippen molar-refractivity contribution in [3.63, 3.8) is 0 Å². The Balaban J connectivity index is 4.18. The Kier molecular flexibility index (Phi) is 3.85. The van der Waals surface area contributed by atoms with Gasteiger partial charge in [-0.2, -0.15) is 0 Å². The maximum atomic E-state index is 10.7. The molecular weight excluding hydrogens is 164 g/mol. The summed E-state index contributed by atoms with van der Waals surface area (Å²) in [5, 5.41) is 17.9. The van der Waals surface area contributed by atoms with E-state index in [9.17, 15) is 9.59 Å². The zero-order valence-corrected chi connectivity index (χ0v) is 7.03. The maximum Gasteiger partial charge on any atom is 0.366 e. The summed E-state index contributed by atoms with van der Waals surface area (Å²) in [6.45, 7) is 2.72. The third-order valence-corrected chi connectivity index (χ3v) is 1.10. The number of hydrogen-bond acceptors (Lipinski definition) is 5. The van der Waals surface area contributed by atoms with Crippen molar-refractivity contribution in [2.45, 2.75) is 26.1 Å². The van der Waals surface area contributed by atoms with Crippen LogP contribution in [-0.2, 0) is 14.3 Å². The number of Topliss-reactive ketones (excluding diaryl/α,β-unsaturated/α-hetero) is 1. The Bertz CT molecular complexity index is 184. The summed E-state index contributed by atoms with van der Waals surface area (Å²) in [5.41, 5.74) is 0. The molecule has 70 valence electrons. The first-order valence-electron chi connectivity index (χ1n) is 3.51. The van der Waals surface area contributed by atoms with Crippen LogP contribution in [0.15, 0.2) is 0 Å². The van der Waals surface area contributed by atoms with Gasteiger partial charge in [0.05, 0.1) is 13.0 Å². The van der Waals surface area contributed by atoms with Crippen molar-refractivity contribution in [3.8, 4) is 0 Å². The Labute approximate surface area is 70.0 Å². The normalized spacial score (nSPS) is 11.0. The first-order chi connectivity index (χ1) is 5.40. The quantitative estimate of drug-likeness (QED) is 0.433. The lowest BCUT2D eigenvalue weighted by Crippen LogP contribution is -2.41. The van der Waals surface area contributed by atoms with Crippen LogP contribution < -0.4 is 0 Å². The lowest BCUT2D eigenvalue weighted by molar-refractivity contribution is -0.210. The fraction of sp³-hybridized carbons (Fsp3) is 0.714. The van der Waals surface area contributed by atoms with Crippen LogP contribution in [0.4, 0.5) is 0 Å². The van der Waals surface area contributed by atoms with Gasteiger partial charge >= 0.3 is 5.97 Å². The third-order valence-electron chi connectivity index (χ3n) is 1.10. The van der Waals surface area contributed by atoms with E-state index >= 15 is 0 Å². The SMILES string of the molecule is CCOC(=O)C(O)(O)CC(C)=O. The molecule has 0 atom stereocenters. The number of ether oxygens (including phenoxy) is 1. The van der Waals surface area contributed by atoms with Crippen molar-refractivity contribution >= 4 is 11.8 Å². The molecule has 0 aromatic heterocycles.